The Morgan fingerprint density at radius 1 is 1.09 bits per heavy atom. The van der Waals surface area contributed by atoms with Gasteiger partial charge in [-0.3, -0.25) is 0 Å². The molecule has 2 aromatic carbocycles. The molecule has 0 spiro atoms. The summed E-state index contributed by atoms with van der Waals surface area (Å²) in [6.45, 7) is 2.28. The third-order valence-electron chi connectivity index (χ3n) is 6.88. The second kappa shape index (κ2) is 9.34. The van der Waals surface area contributed by atoms with Crippen molar-refractivity contribution < 1.29 is 9.47 Å². The van der Waals surface area contributed by atoms with Crippen LogP contribution in [0.1, 0.15) is 41.9 Å². The minimum absolute atomic E-state index is 0.0441. The van der Waals surface area contributed by atoms with Gasteiger partial charge in [-0.2, -0.15) is 15.8 Å². The monoisotopic (exact) mass is 450 g/mol. The van der Waals surface area contributed by atoms with Crippen molar-refractivity contribution in [1.29, 1.82) is 15.8 Å². The van der Waals surface area contributed by atoms with E-state index in [4.69, 9.17) is 15.2 Å². The SMILES string of the molecule is COc1ccc([C@H]2[C@H]3CCCC=C3C(C#N)=C(N)C2(C#N)C#N)cc1COc1ccc(C)cc1. The van der Waals surface area contributed by atoms with Crippen LogP contribution < -0.4 is 15.2 Å². The fraction of sp³-hybridized carbons (Fsp3) is 0.321. The van der Waals surface area contributed by atoms with Gasteiger partial charge in [-0.25, -0.2) is 0 Å². The first-order valence-electron chi connectivity index (χ1n) is 11.3. The number of nitrogens with zero attached hydrogens (tertiary/aromatic N) is 3. The first-order chi connectivity index (χ1) is 16.5. The zero-order valence-electron chi connectivity index (χ0n) is 19.3. The molecule has 2 aliphatic carbocycles. The summed E-state index contributed by atoms with van der Waals surface area (Å²) in [5, 5.41) is 30.3. The molecule has 0 saturated carbocycles. The third kappa shape index (κ3) is 3.76. The van der Waals surface area contributed by atoms with Crippen LogP contribution in [0.3, 0.4) is 0 Å². The number of fused-ring (bicyclic) bond motifs is 1. The van der Waals surface area contributed by atoms with E-state index in [9.17, 15) is 15.8 Å². The van der Waals surface area contributed by atoms with Crippen molar-refractivity contribution in [3.8, 4) is 29.7 Å². The Morgan fingerprint density at radius 2 is 1.82 bits per heavy atom. The average Bonchev–Trinajstić information content (AvgIpc) is 2.87. The Labute approximate surface area is 200 Å². The molecular formula is C28H26N4O2. The van der Waals surface area contributed by atoms with Crippen LogP contribution in [0, 0.1) is 52.2 Å². The van der Waals surface area contributed by atoms with E-state index in [0.717, 1.165) is 47.3 Å². The first-order valence-corrected chi connectivity index (χ1v) is 11.3. The van der Waals surface area contributed by atoms with Crippen molar-refractivity contribution >= 4 is 0 Å². The van der Waals surface area contributed by atoms with Gasteiger partial charge in [0.15, 0.2) is 5.41 Å². The Balaban J connectivity index is 1.80. The van der Waals surface area contributed by atoms with E-state index in [0.29, 0.717) is 5.75 Å². The molecule has 0 amide bonds. The zero-order chi connectivity index (χ0) is 24.3. The van der Waals surface area contributed by atoms with E-state index >= 15 is 0 Å². The number of benzene rings is 2. The minimum atomic E-state index is -1.63. The number of methoxy groups -OCH3 is 1. The minimum Gasteiger partial charge on any atom is -0.496 e. The molecule has 0 bridgehead atoms. The molecule has 0 aromatic heterocycles. The van der Waals surface area contributed by atoms with Gasteiger partial charge in [0.25, 0.3) is 0 Å². The van der Waals surface area contributed by atoms with Crippen molar-refractivity contribution in [3.63, 3.8) is 0 Å². The van der Waals surface area contributed by atoms with Gasteiger partial charge in [0.1, 0.15) is 24.2 Å². The summed E-state index contributed by atoms with van der Waals surface area (Å²) in [5.41, 5.74) is 8.69. The van der Waals surface area contributed by atoms with E-state index in [2.05, 4.69) is 18.2 Å². The van der Waals surface area contributed by atoms with E-state index in [1.165, 1.54) is 0 Å². The van der Waals surface area contributed by atoms with Crippen LogP contribution in [0.2, 0.25) is 0 Å². The molecule has 0 heterocycles. The summed E-state index contributed by atoms with van der Waals surface area (Å²) in [5.74, 6) is 0.749. The molecule has 2 aliphatic rings. The van der Waals surface area contributed by atoms with Crippen molar-refractivity contribution in [3.05, 3.63) is 82.1 Å². The lowest BCUT2D eigenvalue weighted by atomic mass is 9.56. The van der Waals surface area contributed by atoms with E-state index in [1.54, 1.807) is 7.11 Å². The lowest BCUT2D eigenvalue weighted by Gasteiger charge is -2.43. The molecule has 0 saturated heterocycles. The second-order valence-electron chi connectivity index (χ2n) is 8.78. The highest BCUT2D eigenvalue weighted by Crippen LogP contribution is 2.56. The highest BCUT2D eigenvalue weighted by molar-refractivity contribution is 5.59. The molecule has 6 nitrogen and oxygen atoms in total. The molecule has 0 radical (unpaired) electrons. The summed E-state index contributed by atoms with van der Waals surface area (Å²) in [7, 11) is 1.60. The van der Waals surface area contributed by atoms with Crippen molar-refractivity contribution in [2.24, 2.45) is 17.1 Å². The quantitative estimate of drug-likeness (QED) is 0.671. The fourth-order valence-corrected chi connectivity index (χ4v) is 5.15. The van der Waals surface area contributed by atoms with Crippen LogP contribution >= 0.6 is 0 Å². The number of nitriles is 3. The van der Waals surface area contributed by atoms with Crippen molar-refractivity contribution in [2.45, 2.75) is 38.7 Å². The van der Waals surface area contributed by atoms with Crippen LogP contribution in [0.5, 0.6) is 11.5 Å². The standard InChI is InChI=1S/C28H26N4O2/c1-18-7-10-21(11-8-18)34-15-20-13-19(9-12-25(20)33-2)26-23-6-4-3-5-22(23)24(14-29)27(32)28(26,16-30)17-31/h5,7-13,23,26H,3-4,6,15,32H2,1-2H3/t23-,26-/m0/s1. The summed E-state index contributed by atoms with van der Waals surface area (Å²) < 4.78 is 11.6. The number of rotatable bonds is 5. The van der Waals surface area contributed by atoms with Gasteiger partial charge in [0, 0.05) is 11.5 Å². The van der Waals surface area contributed by atoms with Gasteiger partial charge in [-0.05, 0) is 67.5 Å². The molecule has 2 N–H and O–H groups in total. The van der Waals surface area contributed by atoms with E-state index in [1.807, 2.05) is 55.5 Å². The second-order valence-corrected chi connectivity index (χ2v) is 8.78. The Kier molecular flexibility index (Phi) is 6.31. The van der Waals surface area contributed by atoms with Crippen LogP contribution in [-0.4, -0.2) is 7.11 Å². The first kappa shape index (κ1) is 23.0. The summed E-state index contributed by atoms with van der Waals surface area (Å²) in [6, 6.07) is 20.0. The zero-order valence-corrected chi connectivity index (χ0v) is 19.3. The molecule has 0 unspecified atom stereocenters. The van der Waals surface area contributed by atoms with E-state index < -0.39 is 11.3 Å². The van der Waals surface area contributed by atoms with Gasteiger partial charge >= 0.3 is 0 Å². The highest BCUT2D eigenvalue weighted by Gasteiger charge is 2.53. The van der Waals surface area contributed by atoms with Crippen LogP contribution in [0.4, 0.5) is 0 Å². The van der Waals surface area contributed by atoms with Gasteiger partial charge < -0.3 is 15.2 Å². The molecule has 2 atom stereocenters. The molecular weight excluding hydrogens is 424 g/mol. The molecule has 4 rings (SSSR count). The van der Waals surface area contributed by atoms with Crippen LogP contribution in [0.15, 0.2) is 65.4 Å². The van der Waals surface area contributed by atoms with Gasteiger partial charge in [0.2, 0.25) is 0 Å². The van der Waals surface area contributed by atoms with Crippen molar-refractivity contribution in [2.75, 3.05) is 7.11 Å². The van der Waals surface area contributed by atoms with E-state index in [-0.39, 0.29) is 23.8 Å². The number of ether oxygens (including phenoxy) is 2. The maximum absolute atomic E-state index is 10.2. The predicted octanol–water partition coefficient (Wildman–Crippen LogP) is 5.18. The fourth-order valence-electron chi connectivity index (χ4n) is 5.15. The maximum Gasteiger partial charge on any atom is 0.191 e. The van der Waals surface area contributed by atoms with Crippen LogP contribution in [0.25, 0.3) is 0 Å². The Morgan fingerprint density at radius 3 is 2.47 bits per heavy atom. The third-order valence-corrected chi connectivity index (χ3v) is 6.88. The normalized spacial score (nSPS) is 20.7. The van der Waals surface area contributed by atoms with Gasteiger partial charge in [-0.1, -0.05) is 29.8 Å². The summed E-state index contributed by atoms with van der Waals surface area (Å²) >= 11 is 0. The highest BCUT2D eigenvalue weighted by atomic mass is 16.5. The van der Waals surface area contributed by atoms with Crippen molar-refractivity contribution in [1.82, 2.24) is 0 Å². The smallest absolute Gasteiger partial charge is 0.191 e. The Bertz CT molecular complexity index is 1270. The summed E-state index contributed by atoms with van der Waals surface area (Å²) in [4.78, 5) is 0. The molecule has 2 aromatic rings. The molecule has 6 heteroatoms. The number of aryl methyl sites for hydroxylation is 1. The topological polar surface area (TPSA) is 116 Å². The number of nitrogens with two attached hydrogens (primary N) is 1. The van der Waals surface area contributed by atoms with Gasteiger partial charge in [-0.15, -0.1) is 0 Å². The predicted molar refractivity (Wildman–Crippen MR) is 127 cm³/mol. The van der Waals surface area contributed by atoms with Crippen LogP contribution in [-0.2, 0) is 6.61 Å². The lowest BCUT2D eigenvalue weighted by molar-refractivity contribution is 0.294. The number of allylic oxidation sites excluding steroid dienone is 4. The lowest BCUT2D eigenvalue weighted by Crippen LogP contribution is -2.42. The maximum atomic E-state index is 10.2. The molecule has 34 heavy (non-hydrogen) atoms. The van der Waals surface area contributed by atoms with Gasteiger partial charge in [0.05, 0.1) is 30.5 Å². The largest absolute Gasteiger partial charge is 0.496 e. The number of hydrogen-bond donors (Lipinski definition) is 1. The number of hydrogen-bond acceptors (Lipinski definition) is 6. The Hall–Kier alpha value is -4.21. The molecule has 0 aliphatic heterocycles. The molecule has 170 valence electrons. The molecule has 0 fully saturated rings. The average molecular weight is 451 g/mol. The summed E-state index contributed by atoms with van der Waals surface area (Å²) in [6.07, 6.45) is 4.59.